The number of hydrogen-bond acceptors (Lipinski definition) is 2. The molecule has 4 aliphatic rings. The van der Waals surface area contributed by atoms with Crippen LogP contribution >= 0.6 is 0 Å². The van der Waals surface area contributed by atoms with E-state index in [0.29, 0.717) is 13.2 Å². The molecule has 0 amide bonds. The molecule has 1 spiro atoms. The molecule has 4 heterocycles. The van der Waals surface area contributed by atoms with Crippen LogP contribution in [0.2, 0.25) is 0 Å². The summed E-state index contributed by atoms with van der Waals surface area (Å²) in [5.41, 5.74) is 3.94. The Morgan fingerprint density at radius 1 is 0.955 bits per heavy atom. The summed E-state index contributed by atoms with van der Waals surface area (Å²) in [5.74, 6) is -0.416. The molecule has 0 N–H and O–H groups in total. The molecule has 2 atom stereocenters. The van der Waals surface area contributed by atoms with Crippen LogP contribution in [0.25, 0.3) is 0 Å². The van der Waals surface area contributed by atoms with Crippen LogP contribution in [0.5, 0.6) is 0 Å². The van der Waals surface area contributed by atoms with Crippen molar-refractivity contribution in [3.8, 4) is 0 Å². The number of nitrogens with zero attached hydrogens (tertiary/aromatic N) is 1. The maximum absolute atomic E-state index is 6.31. The van der Waals surface area contributed by atoms with Gasteiger partial charge < -0.3 is 9.47 Å². The summed E-state index contributed by atoms with van der Waals surface area (Å²) in [6, 6.07) is 15.5. The Morgan fingerprint density at radius 3 is 2.41 bits per heavy atom. The highest BCUT2D eigenvalue weighted by Gasteiger charge is 2.71. The molecule has 1 saturated heterocycles. The minimum Gasteiger partial charge on any atom is -0.345 e. The SMILES string of the molecule is CC1(C)C2c3ccccc3C(c3cccc[n+]32)C12OCCO2. The second-order valence-corrected chi connectivity index (χ2v) is 7.08. The van der Waals surface area contributed by atoms with Gasteiger partial charge in [-0.2, -0.15) is 4.57 Å². The largest absolute Gasteiger partial charge is 0.345 e. The Hall–Kier alpha value is -1.71. The van der Waals surface area contributed by atoms with Crippen molar-refractivity contribution in [1.29, 1.82) is 0 Å². The van der Waals surface area contributed by atoms with E-state index in [-0.39, 0.29) is 17.4 Å². The zero-order valence-electron chi connectivity index (χ0n) is 13.0. The highest BCUT2D eigenvalue weighted by Crippen LogP contribution is 2.62. The van der Waals surface area contributed by atoms with Gasteiger partial charge in [-0.25, -0.2) is 0 Å². The third-order valence-corrected chi connectivity index (χ3v) is 5.78. The van der Waals surface area contributed by atoms with E-state index in [9.17, 15) is 0 Å². The van der Waals surface area contributed by atoms with Crippen LogP contribution in [-0.2, 0) is 9.47 Å². The van der Waals surface area contributed by atoms with Crippen molar-refractivity contribution in [2.24, 2.45) is 5.41 Å². The molecule has 2 bridgehead atoms. The third kappa shape index (κ3) is 1.24. The van der Waals surface area contributed by atoms with Crippen LogP contribution < -0.4 is 4.57 Å². The molecule has 2 unspecified atom stereocenters. The van der Waals surface area contributed by atoms with Crippen LogP contribution in [0.3, 0.4) is 0 Å². The van der Waals surface area contributed by atoms with Gasteiger partial charge in [-0.1, -0.05) is 30.3 Å². The molecule has 22 heavy (non-hydrogen) atoms. The first-order valence-electron chi connectivity index (χ1n) is 8.04. The second-order valence-electron chi connectivity index (χ2n) is 7.08. The van der Waals surface area contributed by atoms with Gasteiger partial charge in [0.1, 0.15) is 5.92 Å². The van der Waals surface area contributed by atoms with Crippen molar-refractivity contribution >= 4 is 0 Å². The molecule has 1 fully saturated rings. The van der Waals surface area contributed by atoms with Crippen molar-refractivity contribution in [3.05, 3.63) is 65.5 Å². The van der Waals surface area contributed by atoms with Crippen molar-refractivity contribution in [2.75, 3.05) is 13.2 Å². The monoisotopic (exact) mass is 294 g/mol. The van der Waals surface area contributed by atoms with Crippen molar-refractivity contribution in [3.63, 3.8) is 0 Å². The van der Waals surface area contributed by atoms with Crippen LogP contribution in [0.1, 0.15) is 42.6 Å². The van der Waals surface area contributed by atoms with Crippen molar-refractivity contribution < 1.29 is 14.0 Å². The summed E-state index contributed by atoms with van der Waals surface area (Å²) in [6.45, 7) is 5.94. The average molecular weight is 294 g/mol. The van der Waals surface area contributed by atoms with E-state index in [0.717, 1.165) is 0 Å². The summed E-state index contributed by atoms with van der Waals surface area (Å²) >= 11 is 0. The quantitative estimate of drug-likeness (QED) is 0.697. The Bertz CT molecular complexity index is 714. The zero-order chi connectivity index (χ0) is 14.9. The summed E-state index contributed by atoms with van der Waals surface area (Å²) in [4.78, 5) is 0. The number of benzene rings is 1. The van der Waals surface area contributed by atoms with E-state index in [1.165, 1.54) is 16.8 Å². The van der Waals surface area contributed by atoms with Crippen molar-refractivity contribution in [2.45, 2.75) is 31.6 Å². The Labute approximate surface area is 130 Å². The van der Waals surface area contributed by atoms with Crippen LogP contribution in [0.4, 0.5) is 0 Å². The van der Waals surface area contributed by atoms with Gasteiger partial charge in [-0.05, 0) is 19.4 Å². The van der Waals surface area contributed by atoms with Gasteiger partial charge in [-0.15, -0.1) is 0 Å². The predicted octanol–water partition coefficient (Wildman–Crippen LogP) is 2.79. The number of pyridine rings is 1. The smallest absolute Gasteiger partial charge is 0.197 e. The Morgan fingerprint density at radius 2 is 1.64 bits per heavy atom. The minimum atomic E-state index is -0.548. The molecule has 0 saturated carbocycles. The van der Waals surface area contributed by atoms with E-state index >= 15 is 0 Å². The molecular weight excluding hydrogens is 274 g/mol. The number of ether oxygens (including phenoxy) is 2. The first kappa shape index (κ1) is 12.8. The number of hydrogen-bond donors (Lipinski definition) is 0. The molecule has 3 nitrogen and oxygen atoms in total. The predicted molar refractivity (Wildman–Crippen MR) is 81.5 cm³/mol. The van der Waals surface area contributed by atoms with E-state index < -0.39 is 5.79 Å². The first-order chi connectivity index (χ1) is 10.7. The molecule has 3 heteroatoms. The highest BCUT2D eigenvalue weighted by molar-refractivity contribution is 5.46. The number of rotatable bonds is 0. The molecule has 112 valence electrons. The lowest BCUT2D eigenvalue weighted by Crippen LogP contribution is -2.70. The van der Waals surface area contributed by atoms with Gasteiger partial charge in [-0.3, -0.25) is 0 Å². The van der Waals surface area contributed by atoms with E-state index in [4.69, 9.17) is 9.47 Å². The minimum absolute atomic E-state index is 0.123. The Balaban J connectivity index is 1.89. The normalized spacial score (nSPS) is 29.4. The Kier molecular flexibility index (Phi) is 2.31. The first-order valence-corrected chi connectivity index (χ1v) is 8.04. The maximum atomic E-state index is 6.31. The summed E-state index contributed by atoms with van der Waals surface area (Å²) in [7, 11) is 0. The van der Waals surface area contributed by atoms with Gasteiger partial charge in [0.05, 0.1) is 18.6 Å². The van der Waals surface area contributed by atoms with E-state index in [2.05, 4.69) is 67.1 Å². The fraction of sp³-hybridized carbons (Fsp3) is 0.421. The second kappa shape index (κ2) is 3.98. The molecule has 1 aromatic carbocycles. The van der Waals surface area contributed by atoms with Crippen LogP contribution in [-0.4, -0.2) is 19.0 Å². The molecule has 1 aliphatic carbocycles. The highest BCUT2D eigenvalue weighted by atomic mass is 16.7. The van der Waals surface area contributed by atoms with Crippen LogP contribution in [0, 0.1) is 5.41 Å². The fourth-order valence-electron chi connectivity index (χ4n) is 4.95. The average Bonchev–Trinajstić information content (AvgIpc) is 3.01. The van der Waals surface area contributed by atoms with E-state index in [1.807, 2.05) is 0 Å². The maximum Gasteiger partial charge on any atom is 0.197 e. The third-order valence-electron chi connectivity index (χ3n) is 5.78. The lowest BCUT2D eigenvalue weighted by molar-refractivity contribution is -0.754. The fourth-order valence-corrected chi connectivity index (χ4v) is 4.95. The van der Waals surface area contributed by atoms with Gasteiger partial charge in [0.2, 0.25) is 0 Å². The molecule has 2 aromatic rings. The topological polar surface area (TPSA) is 22.3 Å². The standard InChI is InChI=1S/C19H20NO2/c1-18(2)17-14-8-4-3-7-13(14)16(19(18)21-11-12-22-19)15-9-5-6-10-20(15)17/h3-10,16-17H,11-12H2,1-2H3/q+1. The molecule has 3 aliphatic heterocycles. The van der Waals surface area contributed by atoms with Crippen molar-refractivity contribution in [1.82, 2.24) is 0 Å². The lowest BCUT2D eigenvalue weighted by Gasteiger charge is -2.55. The molecule has 6 rings (SSSR count). The van der Waals surface area contributed by atoms with Gasteiger partial charge in [0.25, 0.3) is 0 Å². The number of aromatic nitrogens is 1. The van der Waals surface area contributed by atoms with Gasteiger partial charge >= 0.3 is 0 Å². The molecular formula is C19H20NO2+. The summed E-state index contributed by atoms with van der Waals surface area (Å²) in [5, 5.41) is 0. The lowest BCUT2D eigenvalue weighted by atomic mass is 9.57. The zero-order valence-corrected chi connectivity index (χ0v) is 13.0. The van der Waals surface area contributed by atoms with Gasteiger partial charge in [0.15, 0.2) is 23.7 Å². The molecule has 0 radical (unpaired) electrons. The molecule has 1 aromatic heterocycles. The van der Waals surface area contributed by atoms with Gasteiger partial charge in [0, 0.05) is 17.7 Å². The summed E-state index contributed by atoms with van der Waals surface area (Å²) < 4.78 is 15.0. The summed E-state index contributed by atoms with van der Waals surface area (Å²) in [6.07, 6.45) is 2.20. The van der Waals surface area contributed by atoms with Crippen LogP contribution in [0.15, 0.2) is 48.7 Å². The van der Waals surface area contributed by atoms with E-state index in [1.54, 1.807) is 0 Å².